The molecule has 0 saturated carbocycles. The Bertz CT molecular complexity index is 1610. The van der Waals surface area contributed by atoms with E-state index in [2.05, 4.69) is 15.2 Å². The third-order valence-corrected chi connectivity index (χ3v) is 7.11. The van der Waals surface area contributed by atoms with E-state index < -0.39 is 29.5 Å². The van der Waals surface area contributed by atoms with Crippen LogP contribution in [0.25, 0.3) is 17.0 Å². The molecule has 1 N–H and O–H groups in total. The number of pyridine rings is 1. The molecule has 1 amide bonds. The number of hydrogen-bond donors (Lipinski definition) is 1. The van der Waals surface area contributed by atoms with Crippen LogP contribution in [-0.4, -0.2) is 33.6 Å². The molecule has 0 aliphatic carbocycles. The average Bonchev–Trinajstić information content (AvgIpc) is 3.24. The minimum atomic E-state index is -4.58. The molecule has 1 aliphatic rings. The number of benzene rings is 2. The van der Waals surface area contributed by atoms with Crippen molar-refractivity contribution in [2.24, 2.45) is 0 Å². The summed E-state index contributed by atoms with van der Waals surface area (Å²) in [7, 11) is 0. The number of carbonyl (C=O) groups is 1. The highest BCUT2D eigenvalue weighted by Crippen LogP contribution is 2.36. The van der Waals surface area contributed by atoms with Gasteiger partial charge in [-0.25, -0.2) is 9.78 Å². The van der Waals surface area contributed by atoms with Gasteiger partial charge in [-0.05, 0) is 53.1 Å². The minimum Gasteiger partial charge on any atom is -0.333 e. The van der Waals surface area contributed by atoms with Crippen LogP contribution in [0.2, 0.25) is 5.15 Å². The summed E-state index contributed by atoms with van der Waals surface area (Å²) in [5, 5.41) is 3.57. The number of carbonyl (C=O) groups excluding carboxylic acids is 1. The van der Waals surface area contributed by atoms with Crippen molar-refractivity contribution in [3.05, 3.63) is 106 Å². The second-order valence-electron chi connectivity index (χ2n) is 9.64. The summed E-state index contributed by atoms with van der Waals surface area (Å²) in [6.45, 7) is 1.48. The van der Waals surface area contributed by atoms with E-state index in [0.717, 1.165) is 29.8 Å². The van der Waals surface area contributed by atoms with Crippen molar-refractivity contribution < 1.29 is 31.1 Å². The number of halogens is 7. The molecule has 0 radical (unpaired) electrons. The van der Waals surface area contributed by atoms with E-state index in [-0.39, 0.29) is 17.2 Å². The maximum absolute atomic E-state index is 13.6. The van der Waals surface area contributed by atoms with Crippen molar-refractivity contribution in [1.29, 1.82) is 0 Å². The summed E-state index contributed by atoms with van der Waals surface area (Å²) in [6, 6.07) is 10.9. The van der Waals surface area contributed by atoms with Gasteiger partial charge in [-0.1, -0.05) is 42.0 Å². The fourth-order valence-corrected chi connectivity index (χ4v) is 5.10. The molecular formula is C29H23ClF6N4O. The lowest BCUT2D eigenvalue weighted by atomic mass is 10.0. The van der Waals surface area contributed by atoms with Gasteiger partial charge in [0.1, 0.15) is 5.15 Å². The Morgan fingerprint density at radius 1 is 0.976 bits per heavy atom. The summed E-state index contributed by atoms with van der Waals surface area (Å²) in [6.07, 6.45) is -3.55. The van der Waals surface area contributed by atoms with Crippen molar-refractivity contribution in [1.82, 2.24) is 19.8 Å². The third-order valence-electron chi connectivity index (χ3n) is 6.91. The van der Waals surface area contributed by atoms with Crippen molar-refractivity contribution in [2.45, 2.75) is 31.9 Å². The van der Waals surface area contributed by atoms with Gasteiger partial charge in [0.25, 0.3) is 0 Å². The van der Waals surface area contributed by atoms with E-state index in [1.54, 1.807) is 18.2 Å². The zero-order valence-corrected chi connectivity index (χ0v) is 22.1. The predicted octanol–water partition coefficient (Wildman–Crippen LogP) is 7.56. The molecule has 0 spiro atoms. The van der Waals surface area contributed by atoms with Gasteiger partial charge < -0.3 is 5.32 Å². The standard InChI is InChI=1S/C29H23ClF6N4O/c30-26-14-19(9-11-37-26)16-38-27(41)40-24-10-13-39(12-1-2-18-3-5-20(6-4-18)28(31,32)33)17-23(24)22-8-7-21(15-25(22)40)29(34,35)36/h1-9,11,14-15H,10,12-13,16-17H2,(H,38,41). The Morgan fingerprint density at radius 2 is 1.68 bits per heavy atom. The second kappa shape index (κ2) is 11.2. The Hall–Kier alpha value is -3.83. The molecule has 0 fully saturated rings. The van der Waals surface area contributed by atoms with Crippen LogP contribution in [0.4, 0.5) is 31.1 Å². The van der Waals surface area contributed by atoms with E-state index in [1.165, 1.54) is 29.0 Å². The molecule has 214 valence electrons. The first-order chi connectivity index (χ1) is 19.4. The molecule has 0 atom stereocenters. The first-order valence-electron chi connectivity index (χ1n) is 12.6. The lowest BCUT2D eigenvalue weighted by Gasteiger charge is -2.27. The molecule has 5 nitrogen and oxygen atoms in total. The highest BCUT2D eigenvalue weighted by molar-refractivity contribution is 6.29. The number of fused-ring (bicyclic) bond motifs is 3. The van der Waals surface area contributed by atoms with Crippen LogP contribution in [0.5, 0.6) is 0 Å². The fourth-order valence-electron chi connectivity index (χ4n) is 4.91. The maximum atomic E-state index is 13.6. The van der Waals surface area contributed by atoms with Gasteiger partial charge in [-0.2, -0.15) is 26.3 Å². The van der Waals surface area contributed by atoms with Crippen LogP contribution in [-0.2, 0) is 31.9 Å². The van der Waals surface area contributed by atoms with Crippen molar-refractivity contribution >= 4 is 34.6 Å². The van der Waals surface area contributed by atoms with Gasteiger partial charge in [-0.15, -0.1) is 0 Å². The second-order valence-corrected chi connectivity index (χ2v) is 10.0. The molecule has 0 bridgehead atoms. The SMILES string of the molecule is O=C(NCc1ccnc(Cl)c1)n1c2c(c3ccc(C(F)(F)F)cc31)CN(CC=Cc1ccc(C(F)(F)F)cc1)CC2. The largest absolute Gasteiger partial charge is 0.416 e. The Balaban J connectivity index is 1.38. The van der Waals surface area contributed by atoms with Crippen molar-refractivity contribution in [3.63, 3.8) is 0 Å². The lowest BCUT2D eigenvalue weighted by Crippen LogP contribution is -2.34. The van der Waals surface area contributed by atoms with E-state index in [0.29, 0.717) is 48.3 Å². The number of nitrogens with zero attached hydrogens (tertiary/aromatic N) is 3. The minimum absolute atomic E-state index is 0.106. The number of amides is 1. The zero-order valence-electron chi connectivity index (χ0n) is 21.4. The quantitative estimate of drug-likeness (QED) is 0.192. The Morgan fingerprint density at radius 3 is 2.37 bits per heavy atom. The van der Waals surface area contributed by atoms with Gasteiger partial charge in [0.2, 0.25) is 0 Å². The Kier molecular flexibility index (Phi) is 7.85. The summed E-state index contributed by atoms with van der Waals surface area (Å²) >= 11 is 5.91. The molecule has 2 aromatic carbocycles. The molecule has 0 unspecified atom stereocenters. The lowest BCUT2D eigenvalue weighted by molar-refractivity contribution is -0.138. The van der Waals surface area contributed by atoms with Crippen molar-refractivity contribution in [2.75, 3.05) is 13.1 Å². The molecule has 4 aromatic rings. The monoisotopic (exact) mass is 592 g/mol. The van der Waals surface area contributed by atoms with Crippen molar-refractivity contribution in [3.8, 4) is 0 Å². The van der Waals surface area contributed by atoms with E-state index in [4.69, 9.17) is 11.6 Å². The smallest absolute Gasteiger partial charge is 0.333 e. The fraction of sp³-hybridized carbons (Fsp3) is 0.241. The topological polar surface area (TPSA) is 50.2 Å². The number of rotatable bonds is 5. The maximum Gasteiger partial charge on any atom is 0.416 e. The van der Waals surface area contributed by atoms with Crippen LogP contribution < -0.4 is 5.32 Å². The van der Waals surface area contributed by atoms with E-state index in [1.807, 2.05) is 6.08 Å². The number of hydrogen-bond acceptors (Lipinski definition) is 3. The predicted molar refractivity (Wildman–Crippen MR) is 143 cm³/mol. The molecule has 41 heavy (non-hydrogen) atoms. The zero-order chi connectivity index (χ0) is 29.4. The van der Waals surface area contributed by atoms with Crippen LogP contribution in [0.15, 0.2) is 66.9 Å². The molecule has 0 saturated heterocycles. The van der Waals surface area contributed by atoms with Gasteiger partial charge in [0.15, 0.2) is 0 Å². The van der Waals surface area contributed by atoms with Gasteiger partial charge in [0, 0.05) is 49.9 Å². The molecule has 1 aliphatic heterocycles. The van der Waals surface area contributed by atoms with Gasteiger partial charge >= 0.3 is 18.4 Å². The summed E-state index contributed by atoms with van der Waals surface area (Å²) < 4.78 is 80.4. The molecule has 12 heteroatoms. The van der Waals surface area contributed by atoms with E-state index >= 15 is 0 Å². The summed E-state index contributed by atoms with van der Waals surface area (Å²) in [4.78, 5) is 19.3. The summed E-state index contributed by atoms with van der Waals surface area (Å²) in [5.74, 6) is 0. The molecule has 5 rings (SSSR count). The van der Waals surface area contributed by atoms with Crippen LogP contribution in [0.1, 0.15) is 33.5 Å². The molecule has 3 heterocycles. The number of alkyl halides is 6. The van der Waals surface area contributed by atoms with Gasteiger partial charge in [-0.3, -0.25) is 9.47 Å². The van der Waals surface area contributed by atoms with Crippen LogP contribution in [0.3, 0.4) is 0 Å². The first kappa shape index (κ1) is 28.7. The summed E-state index contributed by atoms with van der Waals surface area (Å²) in [5.41, 5.74) is 1.27. The number of nitrogens with one attached hydrogen (secondary N) is 1. The number of aromatic nitrogens is 2. The first-order valence-corrected chi connectivity index (χ1v) is 13.0. The van der Waals surface area contributed by atoms with Gasteiger partial charge in [0.05, 0.1) is 16.6 Å². The third kappa shape index (κ3) is 6.41. The van der Waals surface area contributed by atoms with Crippen LogP contribution in [0, 0.1) is 0 Å². The normalized spacial score (nSPS) is 14.5. The van der Waals surface area contributed by atoms with E-state index in [9.17, 15) is 31.1 Å². The average molecular weight is 593 g/mol. The molecular weight excluding hydrogens is 570 g/mol. The highest BCUT2D eigenvalue weighted by Gasteiger charge is 2.33. The van der Waals surface area contributed by atoms with Crippen LogP contribution >= 0.6 is 11.6 Å². The highest BCUT2D eigenvalue weighted by atomic mass is 35.5. The molecule has 2 aromatic heterocycles. The Labute approximate surface area is 236 Å².